The van der Waals surface area contributed by atoms with Gasteiger partial charge < -0.3 is 9.80 Å². The van der Waals surface area contributed by atoms with Crippen molar-refractivity contribution in [3.05, 3.63) is 77.5 Å². The van der Waals surface area contributed by atoms with E-state index in [1.807, 2.05) is 0 Å². The number of hydrogen-bond donors (Lipinski definition) is 0. The first-order chi connectivity index (χ1) is 16.4. The molecule has 5 aliphatic rings. The molecule has 0 bridgehead atoms. The smallest absolute Gasteiger partial charge is 0.142 e. The summed E-state index contributed by atoms with van der Waals surface area (Å²) in [6.07, 6.45) is 15.4. The molecule has 0 spiro atoms. The lowest BCUT2D eigenvalue weighted by molar-refractivity contribution is 0.167. The van der Waals surface area contributed by atoms with Crippen molar-refractivity contribution < 1.29 is 0 Å². The fraction of sp³-hybridized carbons (Fsp3) is 0.516. The van der Waals surface area contributed by atoms with Crippen molar-refractivity contribution in [3.8, 4) is 0 Å². The molecule has 2 nitrogen and oxygen atoms in total. The van der Waals surface area contributed by atoms with Gasteiger partial charge in [-0.15, -0.1) is 0 Å². The zero-order valence-corrected chi connectivity index (χ0v) is 19.9. The predicted octanol–water partition coefficient (Wildman–Crippen LogP) is 7.43. The van der Waals surface area contributed by atoms with Crippen LogP contribution in [0.15, 0.2) is 48.5 Å². The molecule has 0 saturated heterocycles. The Balaban J connectivity index is 1.36. The van der Waals surface area contributed by atoms with Gasteiger partial charge in [0.15, 0.2) is 0 Å². The van der Waals surface area contributed by atoms with Crippen LogP contribution < -0.4 is 0 Å². The normalized spacial score (nSPS) is 27.8. The molecule has 0 amide bonds. The molecule has 0 N–H and O–H groups in total. The van der Waals surface area contributed by atoms with Crippen LogP contribution in [0.5, 0.6) is 0 Å². The van der Waals surface area contributed by atoms with E-state index in [2.05, 4.69) is 65.0 Å². The van der Waals surface area contributed by atoms with Crippen LogP contribution in [0, 0.1) is 18.5 Å². The number of fused-ring (bicyclic) bond motifs is 6. The summed E-state index contributed by atoms with van der Waals surface area (Å²) >= 11 is 0. The van der Waals surface area contributed by atoms with Crippen molar-refractivity contribution in [3.63, 3.8) is 0 Å². The van der Waals surface area contributed by atoms with Crippen LogP contribution in [-0.4, -0.2) is 22.4 Å². The molecule has 2 aromatic carbocycles. The van der Waals surface area contributed by atoms with Gasteiger partial charge in [0.1, 0.15) is 6.67 Å². The molecule has 7 rings (SSSR count). The van der Waals surface area contributed by atoms with E-state index in [1.54, 1.807) is 11.1 Å². The average molecular weight is 438 g/mol. The largest absolute Gasteiger partial charge is 0.345 e. The van der Waals surface area contributed by atoms with E-state index in [4.69, 9.17) is 0 Å². The summed E-state index contributed by atoms with van der Waals surface area (Å²) in [7, 11) is 0. The Labute approximate surface area is 199 Å². The van der Waals surface area contributed by atoms with Crippen LogP contribution in [0.3, 0.4) is 0 Å². The molecule has 171 valence electrons. The minimum atomic E-state index is 0.619. The van der Waals surface area contributed by atoms with Gasteiger partial charge in [-0.25, -0.2) is 0 Å². The van der Waals surface area contributed by atoms with E-state index < -0.39 is 0 Å². The highest BCUT2D eigenvalue weighted by Gasteiger charge is 2.46. The quantitative estimate of drug-likeness (QED) is 0.482. The van der Waals surface area contributed by atoms with Crippen molar-refractivity contribution in [1.29, 1.82) is 0 Å². The third-order valence-electron chi connectivity index (χ3n) is 9.51. The monoisotopic (exact) mass is 437 g/mol. The second-order valence-corrected chi connectivity index (χ2v) is 11.3. The van der Waals surface area contributed by atoms with Crippen molar-refractivity contribution >= 4 is 11.4 Å². The molecule has 2 fully saturated rings. The van der Waals surface area contributed by atoms with Gasteiger partial charge >= 0.3 is 0 Å². The van der Waals surface area contributed by atoms with Gasteiger partial charge in [0.2, 0.25) is 0 Å². The first-order valence-electron chi connectivity index (χ1n) is 13.7. The molecule has 33 heavy (non-hydrogen) atoms. The summed E-state index contributed by atoms with van der Waals surface area (Å²) in [6, 6.07) is 19.3. The van der Waals surface area contributed by atoms with Gasteiger partial charge in [0.05, 0.1) is 11.4 Å². The molecule has 2 atom stereocenters. The van der Waals surface area contributed by atoms with Gasteiger partial charge in [-0.3, -0.25) is 0 Å². The predicted molar refractivity (Wildman–Crippen MR) is 136 cm³/mol. The SMILES string of the molecule is [CH]1N2C[C@@H](C3CCCCC3)c3ccccc3C2=C2c3ccccc3C[C@@H](C3CCCCC3)N12. The maximum Gasteiger partial charge on any atom is 0.142 e. The minimum Gasteiger partial charge on any atom is -0.345 e. The van der Waals surface area contributed by atoms with Gasteiger partial charge in [-0.05, 0) is 55.1 Å². The molecular weight excluding hydrogens is 400 g/mol. The van der Waals surface area contributed by atoms with Crippen molar-refractivity contribution in [2.75, 3.05) is 6.54 Å². The topological polar surface area (TPSA) is 6.48 Å². The Morgan fingerprint density at radius 1 is 0.636 bits per heavy atom. The lowest BCUT2D eigenvalue weighted by Crippen LogP contribution is -2.43. The Bertz CT molecular complexity index is 1060. The van der Waals surface area contributed by atoms with Crippen molar-refractivity contribution in [2.45, 2.75) is 82.6 Å². The van der Waals surface area contributed by atoms with Crippen molar-refractivity contribution in [2.24, 2.45) is 11.8 Å². The van der Waals surface area contributed by atoms with E-state index in [-0.39, 0.29) is 0 Å². The Morgan fingerprint density at radius 3 is 2.09 bits per heavy atom. The van der Waals surface area contributed by atoms with Gasteiger partial charge in [0, 0.05) is 29.6 Å². The van der Waals surface area contributed by atoms with E-state index in [0.717, 1.165) is 18.4 Å². The number of benzene rings is 2. The molecule has 0 unspecified atom stereocenters. The van der Waals surface area contributed by atoms with Gasteiger partial charge in [-0.2, -0.15) is 0 Å². The number of nitrogens with zero attached hydrogens (tertiary/aromatic N) is 2. The summed E-state index contributed by atoms with van der Waals surface area (Å²) in [5.74, 6) is 2.34. The van der Waals surface area contributed by atoms with Crippen LogP contribution in [-0.2, 0) is 6.42 Å². The second-order valence-electron chi connectivity index (χ2n) is 11.3. The number of rotatable bonds is 2. The molecule has 2 saturated carbocycles. The third kappa shape index (κ3) is 3.27. The maximum absolute atomic E-state index is 2.74. The van der Waals surface area contributed by atoms with Gasteiger partial charge in [0.25, 0.3) is 0 Å². The summed E-state index contributed by atoms with van der Waals surface area (Å²) in [5.41, 5.74) is 9.16. The fourth-order valence-corrected chi connectivity index (χ4v) is 7.91. The zero-order valence-electron chi connectivity index (χ0n) is 19.9. The Hall–Kier alpha value is -2.22. The second kappa shape index (κ2) is 8.22. The molecular formula is C31H37N2. The lowest BCUT2D eigenvalue weighted by atomic mass is 9.73. The van der Waals surface area contributed by atoms with Crippen LogP contribution in [0.1, 0.15) is 92.4 Å². The van der Waals surface area contributed by atoms with E-state index in [0.29, 0.717) is 12.0 Å². The van der Waals surface area contributed by atoms with Crippen LogP contribution in [0.25, 0.3) is 11.4 Å². The first-order valence-corrected chi connectivity index (χ1v) is 13.7. The van der Waals surface area contributed by atoms with E-state index >= 15 is 0 Å². The van der Waals surface area contributed by atoms with Gasteiger partial charge in [-0.1, -0.05) is 87.1 Å². The fourth-order valence-electron chi connectivity index (χ4n) is 7.91. The molecule has 2 aromatic rings. The highest BCUT2D eigenvalue weighted by Crippen LogP contribution is 2.53. The molecule has 1 radical (unpaired) electrons. The maximum atomic E-state index is 2.74. The van der Waals surface area contributed by atoms with Crippen LogP contribution >= 0.6 is 0 Å². The Kier molecular flexibility index (Phi) is 5.03. The molecule has 0 aromatic heterocycles. The van der Waals surface area contributed by atoms with Crippen LogP contribution in [0.4, 0.5) is 0 Å². The number of hydrogen-bond acceptors (Lipinski definition) is 2. The van der Waals surface area contributed by atoms with Crippen molar-refractivity contribution in [1.82, 2.24) is 9.80 Å². The summed E-state index contributed by atoms with van der Waals surface area (Å²) < 4.78 is 0. The molecule has 3 heterocycles. The highest BCUT2D eigenvalue weighted by atomic mass is 15.4. The zero-order chi connectivity index (χ0) is 21.8. The molecule has 2 aliphatic carbocycles. The summed E-state index contributed by atoms with van der Waals surface area (Å²) in [4.78, 5) is 5.42. The van der Waals surface area contributed by atoms with E-state index in [9.17, 15) is 0 Å². The minimum absolute atomic E-state index is 0.619. The van der Waals surface area contributed by atoms with E-state index in [1.165, 1.54) is 93.2 Å². The standard InChI is InChI=1S/C31H37N2/c1-3-11-22(12-4-1)28-20-32-21-33-29(23-13-5-2-6-14-23)19-24-15-7-8-16-25(24)31(33)30(32)27-18-10-9-17-26(27)28/h7-10,15-18,21-23,28-29H,1-6,11-14,19-20H2/t28-,29-/m0/s1. The average Bonchev–Trinajstić information content (AvgIpc) is 3.29. The Morgan fingerprint density at radius 2 is 1.30 bits per heavy atom. The van der Waals surface area contributed by atoms with Crippen LogP contribution in [0.2, 0.25) is 0 Å². The highest BCUT2D eigenvalue weighted by molar-refractivity contribution is 5.95. The summed E-state index contributed by atoms with van der Waals surface area (Å²) in [6.45, 7) is 3.71. The first kappa shape index (κ1) is 20.2. The summed E-state index contributed by atoms with van der Waals surface area (Å²) in [5, 5.41) is 0. The lowest BCUT2D eigenvalue weighted by Gasteiger charge is -2.43. The third-order valence-corrected chi connectivity index (χ3v) is 9.51. The molecule has 3 aliphatic heterocycles. The molecule has 2 heteroatoms.